The molecule has 7 rings (SSSR count). The van der Waals surface area contributed by atoms with Crippen molar-refractivity contribution >= 4 is 63.4 Å². The van der Waals surface area contributed by atoms with Gasteiger partial charge in [0.2, 0.25) is 0 Å². The highest BCUT2D eigenvalue weighted by molar-refractivity contribution is 7.99. The summed E-state index contributed by atoms with van der Waals surface area (Å²) in [5, 5.41) is 4.03. The second-order valence-electron chi connectivity index (χ2n) is 15.0. The van der Waals surface area contributed by atoms with Gasteiger partial charge in [0.15, 0.2) is 10.8 Å². The highest BCUT2D eigenvalue weighted by atomic mass is 35.5. The number of hydrogen-bond acceptors (Lipinski definition) is 9. The number of nitrogens with one attached hydrogen (secondary N) is 2. The van der Waals surface area contributed by atoms with Crippen LogP contribution < -0.4 is 20.7 Å². The van der Waals surface area contributed by atoms with Crippen LogP contribution in [0, 0.1) is 5.92 Å². The minimum Gasteiger partial charge on any atom is -0.380 e. The topological polar surface area (TPSA) is 99.9 Å². The first kappa shape index (κ1) is 47.5. The smallest absolute Gasteiger partial charge is 0.380 e. The summed E-state index contributed by atoms with van der Waals surface area (Å²) in [5.41, 5.74) is 4.89. The average molecular weight is 925 g/mol. The summed E-state index contributed by atoms with van der Waals surface area (Å²) in [5.74, 6) is 0.763. The summed E-state index contributed by atoms with van der Waals surface area (Å²) in [6, 6.07) is 38.0. The van der Waals surface area contributed by atoms with Gasteiger partial charge in [-0.2, -0.15) is 13.2 Å². The lowest BCUT2D eigenvalue weighted by Crippen LogP contribution is -2.39. The van der Waals surface area contributed by atoms with Gasteiger partial charge in [-0.15, -0.1) is 11.8 Å². The lowest BCUT2D eigenvalue weighted by atomic mass is 9.87. The molecule has 1 amide bonds. The van der Waals surface area contributed by atoms with Crippen molar-refractivity contribution in [3.05, 3.63) is 137 Å². The number of nitrogens with zero attached hydrogens (tertiary/aromatic N) is 2. The zero-order valence-electron chi connectivity index (χ0n) is 34.6. The first-order chi connectivity index (χ1) is 30.1. The molecule has 0 aromatic heterocycles. The van der Waals surface area contributed by atoms with Crippen LogP contribution in [0.2, 0.25) is 5.02 Å². The molecule has 0 bridgehead atoms. The molecule has 5 aromatic rings. The maximum Gasteiger partial charge on any atom is 0.475 e. The van der Waals surface area contributed by atoms with Gasteiger partial charge in [0, 0.05) is 70.6 Å². The second kappa shape index (κ2) is 23.6. The summed E-state index contributed by atoms with van der Waals surface area (Å²) in [7, 11) is -1.80. The van der Waals surface area contributed by atoms with Crippen LogP contribution in [0.15, 0.2) is 136 Å². The number of benzene rings is 5. The van der Waals surface area contributed by atoms with Crippen molar-refractivity contribution in [2.24, 2.45) is 11.7 Å². The highest BCUT2D eigenvalue weighted by Gasteiger charge is 2.39. The number of carbonyl (C=O) groups excluding carboxylic acids is 1. The molecule has 4 N–H and O–H groups in total. The van der Waals surface area contributed by atoms with Gasteiger partial charge in [-0.1, -0.05) is 66.2 Å². The van der Waals surface area contributed by atoms with E-state index in [0.717, 1.165) is 85.1 Å². The molecule has 2 aliphatic rings. The van der Waals surface area contributed by atoms with Crippen LogP contribution in [0.5, 0.6) is 0 Å². The Kier molecular flexibility index (Phi) is 18.1. The molecule has 2 aliphatic heterocycles. The number of ether oxygens (including phenoxy) is 1. The maximum absolute atomic E-state index is 14.0. The number of carbonyl (C=O) groups is 1. The number of rotatable bonds is 16. The molecule has 2 fully saturated rings. The van der Waals surface area contributed by atoms with Crippen LogP contribution in [-0.4, -0.2) is 85.3 Å². The van der Waals surface area contributed by atoms with E-state index in [1.165, 1.54) is 30.3 Å². The first-order valence-electron chi connectivity index (χ1n) is 20.7. The van der Waals surface area contributed by atoms with Crippen LogP contribution in [0.1, 0.15) is 35.2 Å². The van der Waals surface area contributed by atoms with Gasteiger partial charge in [0.25, 0.3) is 5.91 Å². The maximum atomic E-state index is 14.0. The second-order valence-corrected chi connectivity index (χ2v) is 18.8. The molecule has 5 aromatic carbocycles. The third-order valence-electron chi connectivity index (χ3n) is 10.9. The molecular formula is C47H53ClF3N5O3S3. The molecule has 15 heteroatoms. The Morgan fingerprint density at radius 2 is 1.55 bits per heavy atom. The summed E-state index contributed by atoms with van der Waals surface area (Å²) in [4.78, 5) is 18.9. The predicted molar refractivity (Wildman–Crippen MR) is 251 cm³/mol. The minimum atomic E-state index is -4.97. The Morgan fingerprint density at radius 1 is 0.871 bits per heavy atom. The molecule has 0 saturated carbocycles. The van der Waals surface area contributed by atoms with Crippen molar-refractivity contribution in [2.45, 2.75) is 51.9 Å². The van der Waals surface area contributed by atoms with E-state index in [9.17, 15) is 22.2 Å². The van der Waals surface area contributed by atoms with Gasteiger partial charge in [-0.05, 0) is 134 Å². The lowest BCUT2D eigenvalue weighted by Gasteiger charge is -2.34. The van der Waals surface area contributed by atoms with Crippen molar-refractivity contribution in [1.29, 1.82) is 0 Å². The summed E-state index contributed by atoms with van der Waals surface area (Å²) >= 11 is 8.64. The molecule has 2 saturated heterocycles. The van der Waals surface area contributed by atoms with Gasteiger partial charge in [-0.25, -0.2) is 4.21 Å². The SMILES string of the molecule is CN.O=C(NSc1ccc(NC(CCN2CCOCC2)CSc2ccccc2)c(S(=O)C(F)(F)F)c1)c1ccc(N2CCC(Cc3ccccc3-c3ccc(Cl)cc3)CC2)cc1. The van der Waals surface area contributed by atoms with Gasteiger partial charge >= 0.3 is 5.51 Å². The van der Waals surface area contributed by atoms with Crippen molar-refractivity contribution in [2.75, 3.05) is 69.0 Å². The number of hydrogen-bond donors (Lipinski definition) is 3. The fourth-order valence-electron chi connectivity index (χ4n) is 7.56. The number of thioether (sulfide) groups is 1. The molecular weight excluding hydrogens is 871 g/mol. The Morgan fingerprint density at radius 3 is 2.24 bits per heavy atom. The molecule has 0 radical (unpaired) electrons. The van der Waals surface area contributed by atoms with Gasteiger partial charge < -0.3 is 20.7 Å². The lowest BCUT2D eigenvalue weighted by molar-refractivity contribution is -0.0384. The monoisotopic (exact) mass is 923 g/mol. The normalized spacial score (nSPS) is 15.9. The van der Waals surface area contributed by atoms with Crippen LogP contribution in [0.3, 0.4) is 0 Å². The van der Waals surface area contributed by atoms with Crippen molar-refractivity contribution in [3.8, 4) is 11.1 Å². The molecule has 2 unspecified atom stereocenters. The molecule has 8 nitrogen and oxygen atoms in total. The van der Waals surface area contributed by atoms with Crippen molar-refractivity contribution in [3.63, 3.8) is 0 Å². The molecule has 2 heterocycles. The Hall–Kier alpha value is -4.02. The Balaban J connectivity index is 0.00000316. The van der Waals surface area contributed by atoms with Gasteiger partial charge in [-0.3, -0.25) is 14.4 Å². The molecule has 62 heavy (non-hydrogen) atoms. The highest BCUT2D eigenvalue weighted by Crippen LogP contribution is 2.35. The number of alkyl halides is 3. The first-order valence-corrected chi connectivity index (χ1v) is 24.0. The van der Waals surface area contributed by atoms with E-state index >= 15 is 0 Å². The minimum absolute atomic E-state index is 0.157. The fourth-order valence-corrected chi connectivity index (χ4v) is 10.2. The molecule has 330 valence electrons. The fraction of sp³-hybridized carbons (Fsp3) is 0.340. The summed E-state index contributed by atoms with van der Waals surface area (Å²) < 4.78 is 63.2. The van der Waals surface area contributed by atoms with Crippen LogP contribution in [0.25, 0.3) is 11.1 Å². The number of morpholine rings is 1. The van der Waals surface area contributed by atoms with E-state index in [-0.39, 0.29) is 22.5 Å². The van der Waals surface area contributed by atoms with Gasteiger partial charge in [0.05, 0.1) is 23.8 Å². The number of amides is 1. The van der Waals surface area contributed by atoms with E-state index in [4.69, 9.17) is 16.3 Å². The van der Waals surface area contributed by atoms with Gasteiger partial charge in [0.1, 0.15) is 0 Å². The van der Waals surface area contributed by atoms with E-state index in [2.05, 4.69) is 62.0 Å². The zero-order valence-corrected chi connectivity index (χ0v) is 37.8. The summed E-state index contributed by atoms with van der Waals surface area (Å²) in [6.07, 6.45) is 3.76. The van der Waals surface area contributed by atoms with E-state index in [1.54, 1.807) is 30.0 Å². The average Bonchev–Trinajstić information content (AvgIpc) is 3.31. The Labute approximate surface area is 379 Å². The van der Waals surface area contributed by atoms with E-state index in [0.29, 0.717) is 41.8 Å². The quantitative estimate of drug-likeness (QED) is 0.0660. The molecule has 0 aliphatic carbocycles. The van der Waals surface area contributed by atoms with Crippen molar-refractivity contribution in [1.82, 2.24) is 9.62 Å². The third-order valence-corrected chi connectivity index (χ3v) is 14.2. The molecule has 0 spiro atoms. The van der Waals surface area contributed by atoms with Crippen LogP contribution >= 0.6 is 35.3 Å². The summed E-state index contributed by atoms with van der Waals surface area (Å²) in [6.45, 7) is 5.45. The Bertz CT molecular complexity index is 2190. The van der Waals surface area contributed by atoms with Crippen molar-refractivity contribution < 1.29 is 26.9 Å². The number of nitrogens with two attached hydrogens (primary N) is 1. The third kappa shape index (κ3) is 13.7. The van der Waals surface area contributed by atoms with E-state index in [1.807, 2.05) is 54.6 Å². The van der Waals surface area contributed by atoms with Crippen LogP contribution in [0.4, 0.5) is 24.5 Å². The number of halogens is 4. The zero-order chi connectivity index (χ0) is 43.9. The van der Waals surface area contributed by atoms with Crippen LogP contribution in [-0.2, 0) is 22.0 Å². The standard InChI is InChI=1S/C46H48ClF3N4O3S3.CH5N/c47-37-14-10-34(11-15-37)42-9-5-4-6-36(42)30-33-20-24-54(25-21-33)39-16-12-35(13-17-39)45(55)52-59-41-18-19-43(44(31-41)60(56)46(48,49)50)51-38(22-23-53-26-28-57-29-27-53)32-58-40-7-2-1-3-8-40;1-2/h1-19,31,33,38,51H,20-30,32H2,(H,52,55);2H2,1H3. The molecule has 2 atom stereocenters. The van der Waals surface area contributed by atoms with E-state index < -0.39 is 16.3 Å². The number of piperidine rings is 1. The largest absolute Gasteiger partial charge is 0.475 e. The number of anilines is 2. The predicted octanol–water partition coefficient (Wildman–Crippen LogP) is 10.4.